The van der Waals surface area contributed by atoms with Crippen molar-refractivity contribution < 1.29 is 12.6 Å². The van der Waals surface area contributed by atoms with Crippen molar-refractivity contribution in [2.45, 2.75) is 32.8 Å². The van der Waals surface area contributed by atoms with E-state index in [-0.39, 0.29) is 6.10 Å². The quantitative estimate of drug-likeness (QED) is 0.658. The second-order valence-corrected chi connectivity index (χ2v) is 3.37. The maximum atomic E-state index is 10.3. The molecule has 0 saturated carbocycles. The molecule has 0 amide bonds. The van der Waals surface area contributed by atoms with Crippen LogP contribution in [-0.4, -0.2) is 14.5 Å². The molecule has 0 heterocycles. The minimum Gasteiger partial charge on any atom is -0.255 e. The summed E-state index contributed by atoms with van der Waals surface area (Å²) < 4.78 is 25.0. The molecule has 0 unspecified atom stereocenters. The molecule has 0 aromatic heterocycles. The monoisotopic (exact) mass is 167 g/mol. The van der Waals surface area contributed by atoms with Gasteiger partial charge in [0.2, 0.25) is 0 Å². The molecule has 4 nitrogen and oxygen atoms in total. The summed E-state index contributed by atoms with van der Waals surface area (Å²) in [6.45, 7) is 3.62. The van der Waals surface area contributed by atoms with Crippen LogP contribution in [0.4, 0.5) is 0 Å². The van der Waals surface area contributed by atoms with E-state index in [1.54, 1.807) is 6.92 Å². The van der Waals surface area contributed by atoms with Crippen molar-refractivity contribution in [1.29, 1.82) is 0 Å². The Morgan fingerprint density at radius 2 is 2.10 bits per heavy atom. The van der Waals surface area contributed by atoms with Crippen LogP contribution in [0.15, 0.2) is 0 Å². The molecule has 0 fully saturated rings. The van der Waals surface area contributed by atoms with E-state index >= 15 is 0 Å². The van der Waals surface area contributed by atoms with Crippen LogP contribution in [0.1, 0.15) is 26.7 Å². The van der Waals surface area contributed by atoms with Crippen molar-refractivity contribution >= 4 is 10.3 Å². The van der Waals surface area contributed by atoms with Crippen molar-refractivity contribution in [3.8, 4) is 0 Å². The van der Waals surface area contributed by atoms with E-state index in [0.717, 1.165) is 6.42 Å². The Labute approximate surface area is 61.6 Å². The number of nitrogens with two attached hydrogens (primary N) is 1. The van der Waals surface area contributed by atoms with E-state index in [1.165, 1.54) is 0 Å². The van der Waals surface area contributed by atoms with Gasteiger partial charge in [-0.2, -0.15) is 8.42 Å². The van der Waals surface area contributed by atoms with Gasteiger partial charge >= 0.3 is 10.3 Å². The summed E-state index contributed by atoms with van der Waals surface area (Å²) in [5, 5.41) is 4.62. The average Bonchev–Trinajstić information content (AvgIpc) is 1.59. The summed E-state index contributed by atoms with van der Waals surface area (Å²) in [5.74, 6) is 0. The summed E-state index contributed by atoms with van der Waals surface area (Å²) >= 11 is 0. The summed E-state index contributed by atoms with van der Waals surface area (Å²) in [6.07, 6.45) is 1.28. The van der Waals surface area contributed by atoms with E-state index in [1.807, 2.05) is 6.92 Å². The Bertz CT molecular complexity index is 175. The van der Waals surface area contributed by atoms with Gasteiger partial charge < -0.3 is 0 Å². The zero-order chi connectivity index (χ0) is 8.20. The van der Waals surface area contributed by atoms with Gasteiger partial charge in [-0.25, -0.2) is 5.14 Å². The van der Waals surface area contributed by atoms with Crippen LogP contribution in [0, 0.1) is 0 Å². The highest BCUT2D eigenvalue weighted by molar-refractivity contribution is 7.84. The molecule has 0 aliphatic carbocycles. The van der Waals surface area contributed by atoms with Gasteiger partial charge in [-0.15, -0.1) is 0 Å². The van der Waals surface area contributed by atoms with E-state index in [4.69, 9.17) is 0 Å². The van der Waals surface area contributed by atoms with Gasteiger partial charge in [0.25, 0.3) is 0 Å². The Morgan fingerprint density at radius 1 is 1.60 bits per heavy atom. The highest BCUT2D eigenvalue weighted by Gasteiger charge is 2.08. The topological polar surface area (TPSA) is 69.4 Å². The Hall–Kier alpha value is -0.130. The molecular weight excluding hydrogens is 154 g/mol. The Morgan fingerprint density at radius 3 is 2.40 bits per heavy atom. The van der Waals surface area contributed by atoms with E-state index < -0.39 is 10.3 Å². The summed E-state index contributed by atoms with van der Waals surface area (Å²) in [5.41, 5.74) is 0. The van der Waals surface area contributed by atoms with Crippen LogP contribution in [-0.2, 0) is 14.5 Å². The molecule has 0 spiro atoms. The lowest BCUT2D eigenvalue weighted by Gasteiger charge is -2.07. The van der Waals surface area contributed by atoms with E-state index in [9.17, 15) is 8.42 Å². The summed E-state index contributed by atoms with van der Waals surface area (Å²) in [4.78, 5) is 0. The van der Waals surface area contributed by atoms with Crippen LogP contribution < -0.4 is 5.14 Å². The van der Waals surface area contributed by atoms with Crippen molar-refractivity contribution in [2.75, 3.05) is 0 Å². The lowest BCUT2D eigenvalue weighted by Crippen LogP contribution is -2.21. The minimum atomic E-state index is -3.75. The fourth-order valence-corrected chi connectivity index (χ4v) is 1.24. The molecular formula is C5H13NO3S. The molecule has 0 rings (SSSR count). The molecule has 0 aliphatic heterocycles. The van der Waals surface area contributed by atoms with Crippen LogP contribution in [0.2, 0.25) is 0 Å². The predicted octanol–water partition coefficient (Wildman–Crippen LogP) is 0.395. The third-order valence-corrected chi connectivity index (χ3v) is 1.59. The molecule has 0 saturated heterocycles. The molecule has 0 aliphatic rings. The normalized spacial score (nSPS) is 15.1. The van der Waals surface area contributed by atoms with Gasteiger partial charge in [-0.3, -0.25) is 4.18 Å². The number of hydrogen-bond donors (Lipinski definition) is 1. The SMILES string of the molecule is CCC[C@@H](C)OS(N)(=O)=O. The second kappa shape index (κ2) is 3.90. The molecule has 10 heavy (non-hydrogen) atoms. The van der Waals surface area contributed by atoms with Crippen LogP contribution >= 0.6 is 0 Å². The van der Waals surface area contributed by atoms with Crippen molar-refractivity contribution in [3.05, 3.63) is 0 Å². The fourth-order valence-electron chi connectivity index (χ4n) is 0.684. The van der Waals surface area contributed by atoms with Crippen molar-refractivity contribution in [2.24, 2.45) is 5.14 Å². The lowest BCUT2D eigenvalue weighted by molar-refractivity contribution is 0.217. The molecule has 5 heteroatoms. The molecule has 0 bridgehead atoms. The Kier molecular flexibility index (Phi) is 3.85. The average molecular weight is 167 g/mol. The number of hydrogen-bond acceptors (Lipinski definition) is 3. The summed E-state index contributed by atoms with van der Waals surface area (Å²) in [7, 11) is -3.75. The first-order chi connectivity index (χ1) is 4.45. The smallest absolute Gasteiger partial charge is 0.255 e. The van der Waals surface area contributed by atoms with E-state index in [0.29, 0.717) is 6.42 Å². The van der Waals surface area contributed by atoms with Crippen molar-refractivity contribution in [1.82, 2.24) is 0 Å². The molecule has 0 aromatic rings. The molecule has 2 N–H and O–H groups in total. The number of rotatable bonds is 4. The van der Waals surface area contributed by atoms with E-state index in [2.05, 4.69) is 9.32 Å². The minimum absolute atomic E-state index is 0.306. The van der Waals surface area contributed by atoms with Crippen LogP contribution in [0.25, 0.3) is 0 Å². The van der Waals surface area contributed by atoms with Crippen LogP contribution in [0.5, 0.6) is 0 Å². The van der Waals surface area contributed by atoms with Gasteiger partial charge in [0.15, 0.2) is 0 Å². The first-order valence-corrected chi connectivity index (χ1v) is 4.64. The molecule has 62 valence electrons. The summed E-state index contributed by atoms with van der Waals surface area (Å²) in [6, 6.07) is 0. The van der Waals surface area contributed by atoms with Crippen molar-refractivity contribution in [3.63, 3.8) is 0 Å². The third-order valence-electron chi connectivity index (χ3n) is 0.994. The maximum absolute atomic E-state index is 10.3. The first kappa shape index (κ1) is 9.87. The largest absolute Gasteiger partial charge is 0.333 e. The van der Waals surface area contributed by atoms with Gasteiger partial charge in [0.1, 0.15) is 0 Å². The fraction of sp³-hybridized carbons (Fsp3) is 1.00. The standard InChI is InChI=1S/C5H13NO3S/c1-3-4-5(2)9-10(6,7)8/h5H,3-4H2,1-2H3,(H2,6,7,8)/t5-/m1/s1. The van der Waals surface area contributed by atoms with Gasteiger partial charge in [-0.05, 0) is 13.3 Å². The molecule has 0 aromatic carbocycles. The zero-order valence-corrected chi connectivity index (χ0v) is 7.02. The van der Waals surface area contributed by atoms with Gasteiger partial charge in [0, 0.05) is 0 Å². The van der Waals surface area contributed by atoms with Gasteiger partial charge in [0.05, 0.1) is 6.10 Å². The van der Waals surface area contributed by atoms with Crippen LogP contribution in [0.3, 0.4) is 0 Å². The zero-order valence-electron chi connectivity index (χ0n) is 6.20. The van der Waals surface area contributed by atoms with Gasteiger partial charge in [-0.1, -0.05) is 13.3 Å². The first-order valence-electron chi connectivity index (χ1n) is 3.16. The second-order valence-electron chi connectivity index (χ2n) is 2.19. The third kappa shape index (κ3) is 6.00. The molecule has 0 radical (unpaired) electrons. The maximum Gasteiger partial charge on any atom is 0.333 e. The highest BCUT2D eigenvalue weighted by atomic mass is 32.2. The Balaban J connectivity index is 3.69. The molecule has 1 atom stereocenters. The predicted molar refractivity (Wildman–Crippen MR) is 38.6 cm³/mol. The lowest BCUT2D eigenvalue weighted by atomic mass is 10.2. The highest BCUT2D eigenvalue weighted by Crippen LogP contribution is 2.01.